The van der Waals surface area contributed by atoms with Gasteiger partial charge in [-0.2, -0.15) is 13.2 Å². The summed E-state index contributed by atoms with van der Waals surface area (Å²) >= 11 is 0. The lowest BCUT2D eigenvalue weighted by molar-refractivity contribution is -0.192. The molecule has 2 N–H and O–H groups in total. The topological polar surface area (TPSA) is 65.6 Å². The first-order valence-corrected chi connectivity index (χ1v) is 8.01. The van der Waals surface area contributed by atoms with E-state index in [2.05, 4.69) is 9.88 Å². The van der Waals surface area contributed by atoms with Crippen LogP contribution in [0.25, 0.3) is 10.9 Å². The number of carboxylic acids is 1. The highest BCUT2D eigenvalue weighted by atomic mass is 19.4. The molecule has 5 nitrogen and oxygen atoms in total. The summed E-state index contributed by atoms with van der Waals surface area (Å²) in [5.41, 5.74) is 2.13. The van der Waals surface area contributed by atoms with E-state index < -0.39 is 12.1 Å². The van der Waals surface area contributed by atoms with Gasteiger partial charge in [0.15, 0.2) is 0 Å². The maximum atomic E-state index is 13.2. The molecule has 9 heteroatoms. The van der Waals surface area contributed by atoms with Crippen LogP contribution in [-0.4, -0.2) is 53.4 Å². The van der Waals surface area contributed by atoms with E-state index in [0.717, 1.165) is 42.7 Å². The van der Waals surface area contributed by atoms with Gasteiger partial charge in [0, 0.05) is 36.8 Å². The summed E-state index contributed by atoms with van der Waals surface area (Å²) in [6, 6.07) is 6.89. The lowest BCUT2D eigenvalue weighted by atomic mass is 10.1. The van der Waals surface area contributed by atoms with Crippen LogP contribution in [0.1, 0.15) is 18.5 Å². The number of ether oxygens (including phenoxy) is 1. The Bertz CT molecular complexity index is 745. The third-order valence-corrected chi connectivity index (χ3v) is 4.07. The molecule has 1 aromatic heterocycles. The second kappa shape index (κ2) is 8.50. The van der Waals surface area contributed by atoms with Crippen LogP contribution in [0, 0.1) is 5.82 Å². The molecule has 2 heterocycles. The number of alkyl halides is 3. The van der Waals surface area contributed by atoms with E-state index in [1.807, 2.05) is 6.07 Å². The summed E-state index contributed by atoms with van der Waals surface area (Å²) in [5, 5.41) is 8.07. The van der Waals surface area contributed by atoms with Gasteiger partial charge in [-0.15, -0.1) is 0 Å². The van der Waals surface area contributed by atoms with Crippen molar-refractivity contribution in [2.45, 2.75) is 31.7 Å². The molecule has 0 amide bonds. The van der Waals surface area contributed by atoms with Crippen molar-refractivity contribution in [3.63, 3.8) is 0 Å². The van der Waals surface area contributed by atoms with E-state index in [1.54, 1.807) is 19.2 Å². The monoisotopic (exact) mass is 376 g/mol. The summed E-state index contributed by atoms with van der Waals surface area (Å²) in [7, 11) is 1.78. The number of piperidine rings is 1. The maximum absolute atomic E-state index is 13.2. The highest BCUT2D eigenvalue weighted by Crippen LogP contribution is 2.20. The Kier molecular flexibility index (Phi) is 6.60. The van der Waals surface area contributed by atoms with E-state index in [0.29, 0.717) is 6.10 Å². The van der Waals surface area contributed by atoms with E-state index in [-0.39, 0.29) is 5.82 Å². The number of hydrogen-bond acceptors (Lipinski definition) is 3. The Hall–Kier alpha value is -2.13. The van der Waals surface area contributed by atoms with Gasteiger partial charge in [-0.05, 0) is 43.7 Å². The molecule has 0 saturated carbocycles. The number of H-pyrrole nitrogens is 1. The average Bonchev–Trinajstić information content (AvgIpc) is 2.96. The third-order valence-electron chi connectivity index (χ3n) is 4.07. The molecule has 0 spiro atoms. The van der Waals surface area contributed by atoms with Gasteiger partial charge < -0.3 is 14.8 Å². The standard InChI is InChI=1S/C15H19FN2O.C2HF3O2/c1-19-14-3-2-6-18(10-14)9-13-8-11-7-12(16)4-5-15(11)17-13;3-2(4,5)1(6)7/h4-5,7-8,14,17H,2-3,6,9-10H2,1H3;(H,6,7). The molecule has 1 aliphatic heterocycles. The minimum absolute atomic E-state index is 0.185. The zero-order chi connectivity index (χ0) is 19.3. The second-order valence-corrected chi connectivity index (χ2v) is 6.06. The van der Waals surface area contributed by atoms with Gasteiger partial charge in [0.1, 0.15) is 5.82 Å². The number of methoxy groups -OCH3 is 1. The minimum atomic E-state index is -5.08. The number of nitrogens with one attached hydrogen (secondary N) is 1. The Morgan fingerprint density at radius 1 is 1.38 bits per heavy atom. The van der Waals surface area contributed by atoms with Crippen LogP contribution in [0.3, 0.4) is 0 Å². The number of benzene rings is 1. The van der Waals surface area contributed by atoms with Crippen molar-refractivity contribution in [3.8, 4) is 0 Å². The first kappa shape index (κ1) is 20.2. The van der Waals surface area contributed by atoms with Crippen LogP contribution < -0.4 is 0 Å². The molecule has 0 radical (unpaired) electrons. The lowest BCUT2D eigenvalue weighted by Gasteiger charge is -2.31. The first-order chi connectivity index (χ1) is 12.2. The van der Waals surface area contributed by atoms with Crippen LogP contribution in [-0.2, 0) is 16.1 Å². The first-order valence-electron chi connectivity index (χ1n) is 8.01. The molecule has 26 heavy (non-hydrogen) atoms. The average molecular weight is 376 g/mol. The van der Waals surface area contributed by atoms with Crippen molar-refractivity contribution in [1.29, 1.82) is 0 Å². The Morgan fingerprint density at radius 2 is 2.08 bits per heavy atom. The fourth-order valence-electron chi connectivity index (χ4n) is 2.84. The summed E-state index contributed by atoms with van der Waals surface area (Å²) < 4.78 is 50.3. The van der Waals surface area contributed by atoms with Crippen LogP contribution in [0.4, 0.5) is 17.6 Å². The quantitative estimate of drug-likeness (QED) is 0.804. The van der Waals surface area contributed by atoms with E-state index in [9.17, 15) is 17.6 Å². The van der Waals surface area contributed by atoms with Crippen molar-refractivity contribution in [1.82, 2.24) is 9.88 Å². The highest BCUT2D eigenvalue weighted by Gasteiger charge is 2.38. The molecule has 1 fully saturated rings. The van der Waals surface area contributed by atoms with E-state index in [4.69, 9.17) is 14.6 Å². The van der Waals surface area contributed by atoms with Gasteiger partial charge in [0.2, 0.25) is 0 Å². The fraction of sp³-hybridized carbons (Fsp3) is 0.471. The molecule has 1 atom stereocenters. The van der Waals surface area contributed by atoms with Crippen molar-refractivity contribution < 1.29 is 32.2 Å². The number of carbonyl (C=O) groups is 1. The van der Waals surface area contributed by atoms with Crippen molar-refractivity contribution in [2.75, 3.05) is 20.2 Å². The summed E-state index contributed by atoms with van der Waals surface area (Å²) in [6.07, 6.45) is -2.42. The fourth-order valence-corrected chi connectivity index (χ4v) is 2.84. The van der Waals surface area contributed by atoms with Gasteiger partial charge in [0.05, 0.1) is 6.10 Å². The molecule has 144 valence electrons. The van der Waals surface area contributed by atoms with Gasteiger partial charge >= 0.3 is 12.1 Å². The largest absolute Gasteiger partial charge is 0.490 e. The van der Waals surface area contributed by atoms with Gasteiger partial charge in [-0.1, -0.05) is 0 Å². The Labute approximate surface area is 147 Å². The van der Waals surface area contributed by atoms with Crippen molar-refractivity contribution in [3.05, 3.63) is 35.8 Å². The number of nitrogens with zero attached hydrogens (tertiary/aromatic N) is 1. The smallest absolute Gasteiger partial charge is 0.475 e. The van der Waals surface area contributed by atoms with Gasteiger partial charge in [-0.25, -0.2) is 9.18 Å². The van der Waals surface area contributed by atoms with Gasteiger partial charge in [-0.3, -0.25) is 4.90 Å². The molecular formula is C17H20F4N2O3. The minimum Gasteiger partial charge on any atom is -0.475 e. The predicted molar refractivity (Wildman–Crippen MR) is 87.3 cm³/mol. The van der Waals surface area contributed by atoms with E-state index in [1.165, 1.54) is 12.5 Å². The third kappa shape index (κ3) is 5.70. The molecule has 0 aliphatic carbocycles. The van der Waals surface area contributed by atoms with E-state index >= 15 is 0 Å². The number of likely N-dealkylation sites (tertiary alicyclic amines) is 1. The maximum Gasteiger partial charge on any atom is 0.490 e. The van der Waals surface area contributed by atoms with Crippen molar-refractivity contribution >= 4 is 16.9 Å². The number of aromatic amines is 1. The number of carboxylic acid groups (broad SMARTS) is 1. The molecule has 1 aromatic carbocycles. The molecular weight excluding hydrogens is 356 g/mol. The zero-order valence-electron chi connectivity index (χ0n) is 14.1. The number of halogens is 4. The van der Waals surface area contributed by atoms with Crippen LogP contribution >= 0.6 is 0 Å². The number of hydrogen-bond donors (Lipinski definition) is 2. The summed E-state index contributed by atoms with van der Waals surface area (Å²) in [6.45, 7) is 2.94. The Morgan fingerprint density at radius 3 is 2.69 bits per heavy atom. The zero-order valence-corrected chi connectivity index (χ0v) is 14.1. The molecule has 2 aromatic rings. The summed E-state index contributed by atoms with van der Waals surface area (Å²) in [4.78, 5) is 14.6. The van der Waals surface area contributed by atoms with Crippen LogP contribution in [0.5, 0.6) is 0 Å². The van der Waals surface area contributed by atoms with Crippen LogP contribution in [0.2, 0.25) is 0 Å². The number of fused-ring (bicyclic) bond motifs is 1. The highest BCUT2D eigenvalue weighted by molar-refractivity contribution is 5.80. The lowest BCUT2D eigenvalue weighted by Crippen LogP contribution is -2.38. The van der Waals surface area contributed by atoms with Gasteiger partial charge in [0.25, 0.3) is 0 Å². The molecule has 1 saturated heterocycles. The van der Waals surface area contributed by atoms with Crippen LogP contribution in [0.15, 0.2) is 24.3 Å². The number of aliphatic carboxylic acids is 1. The number of aromatic nitrogens is 1. The SMILES string of the molecule is COC1CCCN(Cc2cc3cc(F)ccc3[nH]2)C1.O=C(O)C(F)(F)F. The number of rotatable bonds is 3. The van der Waals surface area contributed by atoms with Crippen molar-refractivity contribution in [2.24, 2.45) is 0 Å². The molecule has 3 rings (SSSR count). The molecule has 0 bridgehead atoms. The Balaban J connectivity index is 0.000000298. The molecule has 1 unspecified atom stereocenters. The second-order valence-electron chi connectivity index (χ2n) is 6.06. The summed E-state index contributed by atoms with van der Waals surface area (Å²) in [5.74, 6) is -2.94. The normalized spacial score (nSPS) is 18.4. The molecule has 1 aliphatic rings. The predicted octanol–water partition coefficient (Wildman–Crippen LogP) is 3.55.